The fourth-order valence-corrected chi connectivity index (χ4v) is 4.25. The summed E-state index contributed by atoms with van der Waals surface area (Å²) in [6.45, 7) is -1.33. The molecule has 7 N–H and O–H groups in total. The Morgan fingerprint density at radius 1 is 0.902 bits per heavy atom. The molecule has 13 nitrogen and oxygen atoms in total. The van der Waals surface area contributed by atoms with Crippen LogP contribution in [0.15, 0.2) is 54.6 Å². The molecule has 0 amide bonds. The molecule has 4 rings (SSSR count). The SMILES string of the molecule is O=C(C=Cc1ccc(O)cc1)OC[C@@]1(O)CO[C@@H](OC[C@H]2O[C@@H](OCCc3ccc(O)cc3)[C@H](O)[C@@H](O)[C@@H]2O)[C@@H]1O. The predicted octanol–water partition coefficient (Wildman–Crippen LogP) is -0.814. The Bertz CT molecular complexity index is 1150. The standard InChI is InChI=1S/C28H34O13/c29-18-6-1-16(2-7-18)5-10-21(31)39-14-28(36)15-40-27(25(28)35)38-13-20-22(32)23(33)24(34)26(41-20)37-12-11-17-3-8-19(30)9-4-17/h1-10,20,22-27,29-30,32-36H,11-15H2/t20-,22-,23+,24-,25+,26-,27-,28-/m1/s1. The minimum Gasteiger partial charge on any atom is -0.508 e. The van der Waals surface area contributed by atoms with Gasteiger partial charge in [0, 0.05) is 6.08 Å². The van der Waals surface area contributed by atoms with Gasteiger partial charge in [0.05, 0.1) is 19.8 Å². The molecule has 2 aromatic carbocycles. The fraction of sp³-hybridized carbons (Fsp3) is 0.464. The number of rotatable bonds is 11. The molecule has 0 bridgehead atoms. The third-order valence-corrected chi connectivity index (χ3v) is 6.78. The molecular formula is C28H34O13. The van der Waals surface area contributed by atoms with Crippen LogP contribution in [0.2, 0.25) is 0 Å². The summed E-state index contributed by atoms with van der Waals surface area (Å²) in [4.78, 5) is 12.1. The fourth-order valence-electron chi connectivity index (χ4n) is 4.25. The van der Waals surface area contributed by atoms with E-state index in [-0.39, 0.29) is 18.1 Å². The van der Waals surface area contributed by atoms with Crippen LogP contribution >= 0.6 is 0 Å². The van der Waals surface area contributed by atoms with Gasteiger partial charge in [-0.2, -0.15) is 0 Å². The van der Waals surface area contributed by atoms with Crippen molar-refractivity contribution in [2.75, 3.05) is 26.4 Å². The maximum Gasteiger partial charge on any atom is 0.330 e. The Hall–Kier alpha value is -3.11. The maximum atomic E-state index is 12.1. The highest BCUT2D eigenvalue weighted by Gasteiger charge is 2.51. The molecule has 41 heavy (non-hydrogen) atoms. The van der Waals surface area contributed by atoms with Gasteiger partial charge < -0.3 is 59.4 Å². The van der Waals surface area contributed by atoms with Gasteiger partial charge in [-0.25, -0.2) is 4.79 Å². The highest BCUT2D eigenvalue weighted by Crippen LogP contribution is 2.28. The average molecular weight is 579 g/mol. The number of aliphatic hydroxyl groups is 5. The van der Waals surface area contributed by atoms with Crippen LogP contribution in [0.4, 0.5) is 0 Å². The lowest BCUT2D eigenvalue weighted by Crippen LogP contribution is -2.59. The van der Waals surface area contributed by atoms with E-state index in [2.05, 4.69) is 0 Å². The average Bonchev–Trinajstić information content (AvgIpc) is 3.25. The molecule has 2 heterocycles. The summed E-state index contributed by atoms with van der Waals surface area (Å²) < 4.78 is 27.0. The molecule has 0 aliphatic carbocycles. The lowest BCUT2D eigenvalue weighted by Gasteiger charge is -2.40. The van der Waals surface area contributed by atoms with Gasteiger partial charge >= 0.3 is 5.97 Å². The van der Waals surface area contributed by atoms with Crippen molar-refractivity contribution in [2.24, 2.45) is 0 Å². The van der Waals surface area contributed by atoms with Crippen molar-refractivity contribution in [2.45, 2.75) is 55.1 Å². The minimum absolute atomic E-state index is 0.0763. The normalized spacial score (nSPS) is 31.9. The lowest BCUT2D eigenvalue weighted by molar-refractivity contribution is -0.309. The summed E-state index contributed by atoms with van der Waals surface area (Å²) in [5.41, 5.74) is -0.493. The Labute approximate surface area is 235 Å². The zero-order valence-electron chi connectivity index (χ0n) is 21.9. The summed E-state index contributed by atoms with van der Waals surface area (Å²) in [6, 6.07) is 12.5. The first-order valence-electron chi connectivity index (χ1n) is 12.9. The molecule has 0 saturated carbocycles. The number of carbonyl (C=O) groups is 1. The smallest absolute Gasteiger partial charge is 0.330 e. The van der Waals surface area contributed by atoms with E-state index >= 15 is 0 Å². The quantitative estimate of drug-likeness (QED) is 0.129. The Morgan fingerprint density at radius 2 is 1.56 bits per heavy atom. The van der Waals surface area contributed by atoms with Gasteiger partial charge in [0.1, 0.15) is 48.6 Å². The molecule has 0 spiro atoms. The van der Waals surface area contributed by atoms with E-state index in [9.17, 15) is 40.5 Å². The molecule has 0 radical (unpaired) electrons. The second kappa shape index (κ2) is 13.7. The zero-order valence-corrected chi connectivity index (χ0v) is 21.9. The van der Waals surface area contributed by atoms with E-state index in [1.165, 1.54) is 30.3 Å². The minimum atomic E-state index is -1.98. The monoisotopic (exact) mass is 578 g/mol. The molecule has 2 fully saturated rings. The molecule has 2 aliphatic heterocycles. The summed E-state index contributed by atoms with van der Waals surface area (Å²) in [5.74, 6) is -0.589. The number of phenolic OH excluding ortho intramolecular Hbond substituents is 2. The van der Waals surface area contributed by atoms with Crippen LogP contribution in [0.3, 0.4) is 0 Å². The summed E-state index contributed by atoms with van der Waals surface area (Å²) in [5, 5.41) is 70.9. The molecule has 2 saturated heterocycles. The van der Waals surface area contributed by atoms with Crippen LogP contribution < -0.4 is 0 Å². The number of hydrogen-bond acceptors (Lipinski definition) is 13. The molecule has 224 valence electrons. The largest absolute Gasteiger partial charge is 0.508 e. The predicted molar refractivity (Wildman–Crippen MR) is 139 cm³/mol. The Kier molecular flexibility index (Phi) is 10.3. The van der Waals surface area contributed by atoms with Gasteiger partial charge in [0.25, 0.3) is 0 Å². The van der Waals surface area contributed by atoms with Crippen molar-refractivity contribution in [3.63, 3.8) is 0 Å². The van der Waals surface area contributed by atoms with E-state index < -0.39 is 74.5 Å². The van der Waals surface area contributed by atoms with E-state index in [1.807, 2.05) is 0 Å². The molecule has 2 aromatic rings. The first-order valence-corrected chi connectivity index (χ1v) is 12.9. The first kappa shape index (κ1) is 30.8. The number of aromatic hydroxyl groups is 2. The summed E-state index contributed by atoms with van der Waals surface area (Å²) in [7, 11) is 0. The molecule has 8 atom stereocenters. The van der Waals surface area contributed by atoms with E-state index in [0.717, 1.165) is 11.6 Å². The molecule has 13 heteroatoms. The number of ether oxygens (including phenoxy) is 5. The second-order valence-corrected chi connectivity index (χ2v) is 9.90. The van der Waals surface area contributed by atoms with Crippen molar-refractivity contribution >= 4 is 12.0 Å². The van der Waals surface area contributed by atoms with Crippen LogP contribution in [0.1, 0.15) is 11.1 Å². The second-order valence-electron chi connectivity index (χ2n) is 9.90. The van der Waals surface area contributed by atoms with Gasteiger partial charge in [-0.1, -0.05) is 24.3 Å². The number of phenols is 2. The van der Waals surface area contributed by atoms with Crippen molar-refractivity contribution in [3.05, 3.63) is 65.7 Å². The third-order valence-electron chi connectivity index (χ3n) is 6.78. The Morgan fingerprint density at radius 3 is 2.24 bits per heavy atom. The molecular weight excluding hydrogens is 544 g/mol. The molecule has 0 aromatic heterocycles. The topological polar surface area (TPSA) is 205 Å². The number of carbonyl (C=O) groups excluding carboxylic acids is 1. The highest BCUT2D eigenvalue weighted by atomic mass is 16.7. The van der Waals surface area contributed by atoms with Gasteiger partial charge in [0.2, 0.25) is 0 Å². The van der Waals surface area contributed by atoms with Gasteiger partial charge in [-0.3, -0.25) is 0 Å². The maximum absolute atomic E-state index is 12.1. The summed E-state index contributed by atoms with van der Waals surface area (Å²) in [6.07, 6.45) is -7.20. The number of benzene rings is 2. The highest BCUT2D eigenvalue weighted by molar-refractivity contribution is 5.87. The van der Waals surface area contributed by atoms with Crippen molar-refractivity contribution in [1.29, 1.82) is 0 Å². The van der Waals surface area contributed by atoms with Crippen molar-refractivity contribution < 1.29 is 64.2 Å². The molecule has 0 unspecified atom stereocenters. The lowest BCUT2D eigenvalue weighted by atomic mass is 9.99. The van der Waals surface area contributed by atoms with Crippen molar-refractivity contribution in [3.8, 4) is 11.5 Å². The Balaban J connectivity index is 1.24. The summed E-state index contributed by atoms with van der Waals surface area (Å²) >= 11 is 0. The first-order chi connectivity index (χ1) is 19.6. The van der Waals surface area contributed by atoms with E-state index in [1.54, 1.807) is 24.3 Å². The van der Waals surface area contributed by atoms with Crippen LogP contribution in [-0.2, 0) is 34.9 Å². The number of hydrogen-bond donors (Lipinski definition) is 7. The molecule has 2 aliphatic rings. The number of esters is 1. The zero-order chi connectivity index (χ0) is 29.6. The van der Waals surface area contributed by atoms with Gasteiger partial charge in [-0.05, 0) is 47.9 Å². The van der Waals surface area contributed by atoms with E-state index in [4.69, 9.17) is 23.7 Å². The van der Waals surface area contributed by atoms with Crippen LogP contribution in [0, 0.1) is 0 Å². The third kappa shape index (κ3) is 8.01. The van der Waals surface area contributed by atoms with Crippen LogP contribution in [0.5, 0.6) is 11.5 Å². The van der Waals surface area contributed by atoms with Crippen LogP contribution in [0.25, 0.3) is 6.08 Å². The van der Waals surface area contributed by atoms with Crippen LogP contribution in [-0.4, -0.2) is 117 Å². The van der Waals surface area contributed by atoms with Gasteiger partial charge in [0.15, 0.2) is 18.2 Å². The number of aliphatic hydroxyl groups excluding tert-OH is 4. The van der Waals surface area contributed by atoms with E-state index in [0.29, 0.717) is 12.0 Å². The van der Waals surface area contributed by atoms with Crippen molar-refractivity contribution in [1.82, 2.24) is 0 Å². The van der Waals surface area contributed by atoms with Gasteiger partial charge in [-0.15, -0.1) is 0 Å².